The van der Waals surface area contributed by atoms with Crippen molar-refractivity contribution in [2.45, 2.75) is 66.7 Å². The Morgan fingerprint density at radius 1 is 0.957 bits per heavy atom. The van der Waals surface area contributed by atoms with Crippen molar-refractivity contribution < 1.29 is 4.74 Å². The van der Waals surface area contributed by atoms with Gasteiger partial charge in [0.1, 0.15) is 0 Å². The van der Waals surface area contributed by atoms with Gasteiger partial charge in [-0.25, -0.2) is 0 Å². The second-order valence-corrected chi connectivity index (χ2v) is 9.02. The van der Waals surface area contributed by atoms with Crippen molar-refractivity contribution in [2.24, 2.45) is 35.5 Å². The molecule has 23 heavy (non-hydrogen) atoms. The van der Waals surface area contributed by atoms with Crippen molar-refractivity contribution in [3.63, 3.8) is 0 Å². The molecule has 1 heterocycles. The molecular weight excluding hydrogens is 282 g/mol. The second kappa shape index (κ2) is 9.42. The third-order valence-corrected chi connectivity index (χ3v) is 6.67. The molecule has 0 N–H and O–H groups in total. The van der Waals surface area contributed by atoms with Gasteiger partial charge in [-0.2, -0.15) is 0 Å². The zero-order valence-electron chi connectivity index (χ0n) is 16.4. The van der Waals surface area contributed by atoms with Crippen LogP contribution in [0.5, 0.6) is 0 Å². The van der Waals surface area contributed by atoms with Gasteiger partial charge in [-0.05, 0) is 61.3 Å². The lowest BCUT2D eigenvalue weighted by atomic mass is 9.87. The summed E-state index contributed by atoms with van der Waals surface area (Å²) in [5, 5.41) is 0. The Labute approximate surface area is 145 Å². The van der Waals surface area contributed by atoms with E-state index in [0.29, 0.717) is 0 Å². The standard InChI is InChI=1S/C21H41NO/c1-16(2)18(4)6-7-19(5)21-15-20(21)14-17(3)8-9-22-10-12-23-13-11-22/h16-21H,6-15H2,1-5H3. The van der Waals surface area contributed by atoms with E-state index >= 15 is 0 Å². The fraction of sp³-hybridized carbons (Fsp3) is 1.00. The molecule has 2 aliphatic rings. The van der Waals surface area contributed by atoms with Gasteiger partial charge < -0.3 is 4.74 Å². The Morgan fingerprint density at radius 2 is 1.65 bits per heavy atom. The Balaban J connectivity index is 1.56. The average molecular weight is 324 g/mol. The molecule has 0 bridgehead atoms. The van der Waals surface area contributed by atoms with Gasteiger partial charge in [-0.15, -0.1) is 0 Å². The highest BCUT2D eigenvalue weighted by atomic mass is 16.5. The summed E-state index contributed by atoms with van der Waals surface area (Å²) in [7, 11) is 0. The summed E-state index contributed by atoms with van der Waals surface area (Å²) in [6, 6.07) is 0. The maximum Gasteiger partial charge on any atom is 0.0594 e. The predicted molar refractivity (Wildman–Crippen MR) is 99.7 cm³/mol. The van der Waals surface area contributed by atoms with E-state index in [1.807, 2.05) is 0 Å². The Kier molecular flexibility index (Phi) is 7.88. The molecule has 0 radical (unpaired) electrons. The number of ether oxygens (including phenoxy) is 1. The monoisotopic (exact) mass is 323 g/mol. The largest absolute Gasteiger partial charge is 0.379 e. The Hall–Kier alpha value is -0.0800. The van der Waals surface area contributed by atoms with Crippen LogP contribution < -0.4 is 0 Å². The van der Waals surface area contributed by atoms with E-state index in [4.69, 9.17) is 4.74 Å². The predicted octanol–water partition coefficient (Wildman–Crippen LogP) is 5.08. The van der Waals surface area contributed by atoms with E-state index in [0.717, 1.165) is 61.8 Å². The molecule has 1 aliphatic heterocycles. The van der Waals surface area contributed by atoms with Gasteiger partial charge in [0, 0.05) is 13.1 Å². The van der Waals surface area contributed by atoms with Gasteiger partial charge in [0.2, 0.25) is 0 Å². The molecule has 0 spiro atoms. The van der Waals surface area contributed by atoms with Crippen LogP contribution in [0.3, 0.4) is 0 Å². The molecule has 2 nitrogen and oxygen atoms in total. The zero-order chi connectivity index (χ0) is 16.8. The highest BCUT2D eigenvalue weighted by Crippen LogP contribution is 2.49. The lowest BCUT2D eigenvalue weighted by molar-refractivity contribution is 0.0354. The average Bonchev–Trinajstić information content (AvgIpc) is 3.30. The summed E-state index contributed by atoms with van der Waals surface area (Å²) in [4.78, 5) is 2.58. The maximum absolute atomic E-state index is 5.43. The summed E-state index contributed by atoms with van der Waals surface area (Å²) >= 11 is 0. The number of rotatable bonds is 10. The molecule has 2 rings (SSSR count). The molecule has 5 unspecified atom stereocenters. The van der Waals surface area contributed by atoms with E-state index in [1.54, 1.807) is 0 Å². The summed E-state index contributed by atoms with van der Waals surface area (Å²) in [6.07, 6.45) is 7.23. The Bertz CT molecular complexity index is 324. The van der Waals surface area contributed by atoms with Crippen molar-refractivity contribution in [3.8, 4) is 0 Å². The van der Waals surface area contributed by atoms with Crippen LogP contribution in [-0.2, 0) is 4.74 Å². The molecule has 2 fully saturated rings. The molecule has 5 atom stereocenters. The molecular formula is C21H41NO. The molecule has 2 heteroatoms. The van der Waals surface area contributed by atoms with Gasteiger partial charge in [-0.3, -0.25) is 4.90 Å². The molecule has 0 amide bonds. The molecule has 136 valence electrons. The minimum Gasteiger partial charge on any atom is -0.379 e. The lowest BCUT2D eigenvalue weighted by Gasteiger charge is -2.27. The lowest BCUT2D eigenvalue weighted by Crippen LogP contribution is -2.37. The van der Waals surface area contributed by atoms with Crippen LogP contribution in [0.25, 0.3) is 0 Å². The summed E-state index contributed by atoms with van der Waals surface area (Å²) in [5.74, 6) is 5.67. The fourth-order valence-electron chi connectivity index (χ4n) is 4.17. The number of hydrogen-bond acceptors (Lipinski definition) is 2. The highest BCUT2D eigenvalue weighted by molar-refractivity contribution is 4.90. The minimum absolute atomic E-state index is 0.845. The third kappa shape index (κ3) is 6.74. The molecule has 0 aromatic rings. The van der Waals surface area contributed by atoms with Crippen LogP contribution in [0.1, 0.15) is 66.7 Å². The van der Waals surface area contributed by atoms with E-state index in [-0.39, 0.29) is 0 Å². The van der Waals surface area contributed by atoms with Crippen LogP contribution in [-0.4, -0.2) is 37.7 Å². The topological polar surface area (TPSA) is 12.5 Å². The van der Waals surface area contributed by atoms with Gasteiger partial charge in [0.05, 0.1) is 13.2 Å². The second-order valence-electron chi connectivity index (χ2n) is 9.02. The first-order valence-electron chi connectivity index (χ1n) is 10.3. The van der Waals surface area contributed by atoms with Crippen LogP contribution in [0, 0.1) is 35.5 Å². The van der Waals surface area contributed by atoms with Crippen LogP contribution in [0.2, 0.25) is 0 Å². The molecule has 1 aliphatic carbocycles. The maximum atomic E-state index is 5.43. The van der Waals surface area contributed by atoms with E-state index in [9.17, 15) is 0 Å². The van der Waals surface area contributed by atoms with E-state index < -0.39 is 0 Å². The van der Waals surface area contributed by atoms with Gasteiger partial charge >= 0.3 is 0 Å². The Morgan fingerprint density at radius 3 is 2.30 bits per heavy atom. The molecule has 1 saturated heterocycles. The first kappa shape index (κ1) is 19.2. The number of nitrogens with zero attached hydrogens (tertiary/aromatic N) is 1. The first-order chi connectivity index (χ1) is 11.0. The van der Waals surface area contributed by atoms with Crippen molar-refractivity contribution in [1.29, 1.82) is 0 Å². The number of morpholine rings is 1. The molecule has 0 aromatic carbocycles. The summed E-state index contributed by atoms with van der Waals surface area (Å²) in [6.45, 7) is 17.6. The van der Waals surface area contributed by atoms with Gasteiger partial charge in [0.25, 0.3) is 0 Å². The zero-order valence-corrected chi connectivity index (χ0v) is 16.4. The number of hydrogen-bond donors (Lipinski definition) is 0. The summed E-state index contributed by atoms with van der Waals surface area (Å²) in [5.41, 5.74) is 0. The normalized spacial score (nSPS) is 29.5. The van der Waals surface area contributed by atoms with Gasteiger partial charge in [-0.1, -0.05) is 47.5 Å². The molecule has 0 aromatic heterocycles. The summed E-state index contributed by atoms with van der Waals surface area (Å²) < 4.78 is 5.43. The van der Waals surface area contributed by atoms with E-state index in [1.165, 1.54) is 38.6 Å². The van der Waals surface area contributed by atoms with E-state index in [2.05, 4.69) is 39.5 Å². The minimum atomic E-state index is 0.845. The van der Waals surface area contributed by atoms with Crippen molar-refractivity contribution in [1.82, 2.24) is 4.90 Å². The van der Waals surface area contributed by atoms with Crippen LogP contribution in [0.15, 0.2) is 0 Å². The van der Waals surface area contributed by atoms with Gasteiger partial charge in [0.15, 0.2) is 0 Å². The molecule has 1 saturated carbocycles. The smallest absolute Gasteiger partial charge is 0.0594 e. The SMILES string of the molecule is CC(CCN1CCOCC1)CC1CC1C(C)CCC(C)C(C)C. The first-order valence-corrected chi connectivity index (χ1v) is 10.3. The quantitative estimate of drug-likeness (QED) is 0.556. The van der Waals surface area contributed by atoms with Crippen LogP contribution in [0.4, 0.5) is 0 Å². The van der Waals surface area contributed by atoms with Crippen molar-refractivity contribution in [3.05, 3.63) is 0 Å². The fourth-order valence-corrected chi connectivity index (χ4v) is 4.17. The van der Waals surface area contributed by atoms with Crippen molar-refractivity contribution >= 4 is 0 Å². The van der Waals surface area contributed by atoms with Crippen LogP contribution >= 0.6 is 0 Å². The highest BCUT2D eigenvalue weighted by Gasteiger charge is 2.40. The van der Waals surface area contributed by atoms with Crippen molar-refractivity contribution in [2.75, 3.05) is 32.8 Å². The third-order valence-electron chi connectivity index (χ3n) is 6.67.